The third-order valence-electron chi connectivity index (χ3n) is 2.64. The van der Waals surface area contributed by atoms with Crippen molar-refractivity contribution < 1.29 is 4.79 Å². The van der Waals surface area contributed by atoms with Crippen LogP contribution in [-0.4, -0.2) is 13.9 Å². The molecule has 1 fully saturated rings. The van der Waals surface area contributed by atoms with Gasteiger partial charge in [0.15, 0.2) is 0 Å². The van der Waals surface area contributed by atoms with E-state index in [2.05, 4.69) is 13.1 Å². The summed E-state index contributed by atoms with van der Waals surface area (Å²) in [5.74, 6) is 0.505. The number of rotatable bonds is 0. The Morgan fingerprint density at radius 1 is 1.09 bits per heavy atom. The minimum absolute atomic E-state index is 0.505. The van der Waals surface area contributed by atoms with Crippen molar-refractivity contribution in [2.24, 2.45) is 0 Å². The van der Waals surface area contributed by atoms with Crippen LogP contribution in [0.1, 0.15) is 25.7 Å². The van der Waals surface area contributed by atoms with Crippen molar-refractivity contribution >= 4 is 13.9 Å². The van der Waals surface area contributed by atoms with Gasteiger partial charge in [0.2, 0.25) is 0 Å². The average molecular weight is 170 g/mol. The molecule has 0 aliphatic carbocycles. The number of hydrogen-bond acceptors (Lipinski definition) is 1. The van der Waals surface area contributed by atoms with E-state index in [0.717, 1.165) is 19.3 Å². The molecule has 0 aromatic carbocycles. The molecular formula is C9H18OSi. The van der Waals surface area contributed by atoms with E-state index in [1.54, 1.807) is 0 Å². The normalized spacial score (nSPS) is 25.8. The first-order valence-electron chi connectivity index (χ1n) is 4.62. The van der Waals surface area contributed by atoms with Crippen LogP contribution in [0.25, 0.3) is 0 Å². The van der Waals surface area contributed by atoms with Gasteiger partial charge in [0.05, 0.1) is 0 Å². The SMILES string of the molecule is C[Si]1(C)CCCCC(=O)CC1. The Hall–Kier alpha value is -0.113. The number of ketones is 1. The first-order chi connectivity index (χ1) is 5.10. The van der Waals surface area contributed by atoms with Crippen LogP contribution in [0, 0.1) is 0 Å². The van der Waals surface area contributed by atoms with Crippen LogP contribution in [0.2, 0.25) is 25.2 Å². The molecule has 11 heavy (non-hydrogen) atoms. The lowest BCUT2D eigenvalue weighted by Gasteiger charge is -2.23. The summed E-state index contributed by atoms with van der Waals surface area (Å²) < 4.78 is 0. The Balaban J connectivity index is 2.44. The highest BCUT2D eigenvalue weighted by atomic mass is 28.3. The second kappa shape index (κ2) is 3.52. The van der Waals surface area contributed by atoms with Crippen LogP contribution < -0.4 is 0 Å². The van der Waals surface area contributed by atoms with Crippen LogP contribution in [0.3, 0.4) is 0 Å². The van der Waals surface area contributed by atoms with Crippen LogP contribution in [-0.2, 0) is 4.79 Å². The van der Waals surface area contributed by atoms with Crippen molar-refractivity contribution in [3.05, 3.63) is 0 Å². The first-order valence-corrected chi connectivity index (χ1v) is 8.03. The van der Waals surface area contributed by atoms with Gasteiger partial charge in [-0.2, -0.15) is 0 Å². The van der Waals surface area contributed by atoms with E-state index in [1.165, 1.54) is 18.5 Å². The number of carbonyl (C=O) groups excluding carboxylic acids is 1. The molecule has 0 aromatic heterocycles. The fourth-order valence-corrected chi connectivity index (χ4v) is 4.07. The maximum Gasteiger partial charge on any atom is 0.132 e. The van der Waals surface area contributed by atoms with E-state index < -0.39 is 8.07 Å². The van der Waals surface area contributed by atoms with E-state index in [0.29, 0.717) is 5.78 Å². The smallest absolute Gasteiger partial charge is 0.132 e. The zero-order valence-corrected chi connectivity index (χ0v) is 8.65. The van der Waals surface area contributed by atoms with E-state index >= 15 is 0 Å². The predicted molar refractivity (Wildman–Crippen MR) is 50.6 cm³/mol. The molecule has 0 radical (unpaired) electrons. The average Bonchev–Trinajstić information content (AvgIpc) is 1.92. The summed E-state index contributed by atoms with van der Waals surface area (Å²) in [7, 11) is -0.936. The van der Waals surface area contributed by atoms with Gasteiger partial charge >= 0.3 is 0 Å². The molecule has 0 N–H and O–H groups in total. The largest absolute Gasteiger partial charge is 0.300 e. The Morgan fingerprint density at radius 3 is 2.55 bits per heavy atom. The van der Waals surface area contributed by atoms with Crippen molar-refractivity contribution in [2.45, 2.75) is 50.9 Å². The van der Waals surface area contributed by atoms with E-state index in [4.69, 9.17) is 0 Å². The second-order valence-corrected chi connectivity index (χ2v) is 9.74. The summed E-state index contributed by atoms with van der Waals surface area (Å²) in [6, 6.07) is 2.66. The van der Waals surface area contributed by atoms with Crippen molar-refractivity contribution in [3.8, 4) is 0 Å². The molecule has 0 bridgehead atoms. The molecule has 1 aliphatic heterocycles. The van der Waals surface area contributed by atoms with Gasteiger partial charge in [-0.05, 0) is 6.42 Å². The van der Waals surface area contributed by atoms with E-state index in [9.17, 15) is 4.79 Å². The lowest BCUT2D eigenvalue weighted by Crippen LogP contribution is -2.27. The summed E-state index contributed by atoms with van der Waals surface area (Å²) in [6.07, 6.45) is 4.17. The summed E-state index contributed by atoms with van der Waals surface area (Å²) >= 11 is 0. The van der Waals surface area contributed by atoms with Gasteiger partial charge < -0.3 is 0 Å². The second-order valence-electron chi connectivity index (χ2n) is 4.41. The van der Waals surface area contributed by atoms with E-state index in [-0.39, 0.29) is 0 Å². The summed E-state index contributed by atoms with van der Waals surface area (Å²) in [5.41, 5.74) is 0. The van der Waals surface area contributed by atoms with Gasteiger partial charge in [-0.25, -0.2) is 0 Å². The van der Waals surface area contributed by atoms with Crippen LogP contribution >= 0.6 is 0 Å². The molecule has 0 spiro atoms. The zero-order valence-electron chi connectivity index (χ0n) is 7.65. The van der Waals surface area contributed by atoms with Gasteiger partial charge in [-0.15, -0.1) is 0 Å². The van der Waals surface area contributed by atoms with Gasteiger partial charge in [-0.1, -0.05) is 31.6 Å². The van der Waals surface area contributed by atoms with E-state index in [1.807, 2.05) is 0 Å². The molecule has 0 atom stereocenters. The fraction of sp³-hybridized carbons (Fsp3) is 0.889. The quantitative estimate of drug-likeness (QED) is 0.511. The van der Waals surface area contributed by atoms with Gasteiger partial charge in [0.25, 0.3) is 0 Å². The number of carbonyl (C=O) groups is 1. The predicted octanol–water partition coefficient (Wildman–Crippen LogP) is 2.84. The molecule has 0 amide bonds. The molecule has 1 saturated heterocycles. The molecule has 1 heterocycles. The highest BCUT2D eigenvalue weighted by molar-refractivity contribution is 6.77. The van der Waals surface area contributed by atoms with Gasteiger partial charge in [0, 0.05) is 20.9 Å². The molecule has 0 unspecified atom stereocenters. The minimum atomic E-state index is -0.936. The van der Waals surface area contributed by atoms with Crippen molar-refractivity contribution in [3.63, 3.8) is 0 Å². The Morgan fingerprint density at radius 2 is 1.82 bits per heavy atom. The standard InChI is InChI=1S/C9H18OSi/c1-11(2)7-4-3-5-9(10)6-8-11/h3-8H2,1-2H3. The highest BCUT2D eigenvalue weighted by Crippen LogP contribution is 2.24. The molecular weight excluding hydrogens is 152 g/mol. The monoisotopic (exact) mass is 170 g/mol. The van der Waals surface area contributed by atoms with Crippen LogP contribution in [0.5, 0.6) is 0 Å². The Labute approximate surface area is 70.2 Å². The minimum Gasteiger partial charge on any atom is -0.300 e. The zero-order chi connectivity index (χ0) is 8.32. The topological polar surface area (TPSA) is 17.1 Å². The van der Waals surface area contributed by atoms with Crippen molar-refractivity contribution in [1.82, 2.24) is 0 Å². The Kier molecular flexibility index (Phi) is 2.88. The molecule has 1 nitrogen and oxygen atoms in total. The lowest BCUT2D eigenvalue weighted by molar-refractivity contribution is -0.118. The summed E-state index contributed by atoms with van der Waals surface area (Å²) in [6.45, 7) is 4.82. The maximum atomic E-state index is 11.1. The van der Waals surface area contributed by atoms with Gasteiger partial charge in [0.1, 0.15) is 5.78 Å². The van der Waals surface area contributed by atoms with Gasteiger partial charge in [-0.3, -0.25) is 4.79 Å². The third-order valence-corrected chi connectivity index (χ3v) is 5.95. The van der Waals surface area contributed by atoms with Crippen molar-refractivity contribution in [1.29, 1.82) is 0 Å². The summed E-state index contributed by atoms with van der Waals surface area (Å²) in [5, 5.41) is 0. The van der Waals surface area contributed by atoms with Crippen molar-refractivity contribution in [2.75, 3.05) is 0 Å². The fourth-order valence-electron chi connectivity index (χ4n) is 1.65. The number of hydrogen-bond donors (Lipinski definition) is 0. The molecule has 1 aliphatic rings. The number of Topliss-reactive ketones (excluding diaryl/α,β-unsaturated/α-hetero) is 1. The van der Waals surface area contributed by atoms with Crippen LogP contribution in [0.4, 0.5) is 0 Å². The molecule has 0 saturated carbocycles. The highest BCUT2D eigenvalue weighted by Gasteiger charge is 2.22. The molecule has 1 rings (SSSR count). The first kappa shape index (κ1) is 8.98. The summed E-state index contributed by atoms with van der Waals surface area (Å²) in [4.78, 5) is 11.1. The molecule has 0 aromatic rings. The molecule has 64 valence electrons. The molecule has 2 heteroatoms. The van der Waals surface area contributed by atoms with Crippen LogP contribution in [0.15, 0.2) is 0 Å². The Bertz CT molecular complexity index is 152. The lowest BCUT2D eigenvalue weighted by atomic mass is 10.1. The third kappa shape index (κ3) is 3.19. The maximum absolute atomic E-state index is 11.1.